The largest absolute Gasteiger partial charge is 0.497 e. The standard InChI is InChI=1S/C18H21FN4O4/c1-26-11-3-4-12(13(19)9-11)17-16-14(21-10-22-16)6-8-23(17)18(25)20-7-5-15(24)27-2/h3-4,9-10,17H,5-8H2,1-2H3,(H,20,25)(H,21,22)/t17-/m0/s1. The molecule has 1 aliphatic heterocycles. The van der Waals surface area contributed by atoms with Crippen molar-refractivity contribution in [3.63, 3.8) is 0 Å². The second-order valence-electron chi connectivity index (χ2n) is 6.06. The van der Waals surface area contributed by atoms with Crippen LogP contribution in [0.15, 0.2) is 24.5 Å². The molecule has 9 heteroatoms. The molecule has 2 N–H and O–H groups in total. The topological polar surface area (TPSA) is 96.6 Å². The first-order valence-corrected chi connectivity index (χ1v) is 8.52. The lowest BCUT2D eigenvalue weighted by Gasteiger charge is -2.35. The molecule has 0 spiro atoms. The van der Waals surface area contributed by atoms with Crippen LogP contribution in [0.5, 0.6) is 5.75 Å². The molecule has 2 heterocycles. The van der Waals surface area contributed by atoms with Crippen molar-refractivity contribution in [2.24, 2.45) is 0 Å². The van der Waals surface area contributed by atoms with Gasteiger partial charge in [-0.15, -0.1) is 0 Å². The summed E-state index contributed by atoms with van der Waals surface area (Å²) in [6.45, 7) is 0.516. The molecule has 2 aromatic rings. The van der Waals surface area contributed by atoms with Gasteiger partial charge in [0.15, 0.2) is 0 Å². The fourth-order valence-corrected chi connectivity index (χ4v) is 3.14. The molecule has 0 saturated carbocycles. The van der Waals surface area contributed by atoms with Crippen LogP contribution in [0.3, 0.4) is 0 Å². The third-order valence-electron chi connectivity index (χ3n) is 4.52. The number of hydrogen-bond acceptors (Lipinski definition) is 5. The molecule has 0 bridgehead atoms. The Balaban J connectivity index is 1.87. The van der Waals surface area contributed by atoms with Crippen molar-refractivity contribution < 1.29 is 23.5 Å². The minimum absolute atomic E-state index is 0.0608. The highest BCUT2D eigenvalue weighted by atomic mass is 19.1. The van der Waals surface area contributed by atoms with Gasteiger partial charge in [-0.2, -0.15) is 0 Å². The highest BCUT2D eigenvalue weighted by molar-refractivity contribution is 5.77. The van der Waals surface area contributed by atoms with E-state index in [1.165, 1.54) is 31.5 Å². The van der Waals surface area contributed by atoms with Crippen LogP contribution in [0.25, 0.3) is 0 Å². The monoisotopic (exact) mass is 376 g/mol. The van der Waals surface area contributed by atoms with Gasteiger partial charge in [-0.25, -0.2) is 14.2 Å². The number of hydrogen-bond donors (Lipinski definition) is 2. The first-order valence-electron chi connectivity index (χ1n) is 8.52. The van der Waals surface area contributed by atoms with E-state index < -0.39 is 23.9 Å². The van der Waals surface area contributed by atoms with Crippen LogP contribution in [0.4, 0.5) is 9.18 Å². The lowest BCUT2D eigenvalue weighted by Crippen LogP contribution is -2.46. The molecule has 0 aliphatic carbocycles. The number of urea groups is 1. The van der Waals surface area contributed by atoms with Crippen LogP contribution in [-0.2, 0) is 16.0 Å². The second-order valence-corrected chi connectivity index (χ2v) is 6.06. The third-order valence-corrected chi connectivity index (χ3v) is 4.52. The molecular formula is C18H21FN4O4. The Morgan fingerprint density at radius 2 is 2.22 bits per heavy atom. The van der Waals surface area contributed by atoms with E-state index in [1.54, 1.807) is 12.1 Å². The normalized spacial score (nSPS) is 15.8. The maximum atomic E-state index is 14.7. The Morgan fingerprint density at radius 3 is 2.93 bits per heavy atom. The van der Waals surface area contributed by atoms with Crippen molar-refractivity contribution in [1.29, 1.82) is 0 Å². The Bertz CT molecular complexity index is 839. The van der Waals surface area contributed by atoms with Gasteiger partial charge < -0.3 is 24.7 Å². The van der Waals surface area contributed by atoms with Gasteiger partial charge in [-0.05, 0) is 12.1 Å². The molecule has 1 aliphatic rings. The lowest BCUT2D eigenvalue weighted by molar-refractivity contribution is -0.140. The average Bonchev–Trinajstić information content (AvgIpc) is 3.15. The molecule has 0 fully saturated rings. The summed E-state index contributed by atoms with van der Waals surface area (Å²) in [5.41, 5.74) is 1.80. The van der Waals surface area contributed by atoms with Crippen molar-refractivity contribution in [3.8, 4) is 5.75 Å². The van der Waals surface area contributed by atoms with E-state index in [0.29, 0.717) is 30.0 Å². The zero-order chi connectivity index (χ0) is 19.4. The molecule has 0 radical (unpaired) electrons. The number of imidazole rings is 1. The first-order chi connectivity index (χ1) is 13.0. The number of fused-ring (bicyclic) bond motifs is 1. The van der Waals surface area contributed by atoms with Crippen LogP contribution in [0.2, 0.25) is 0 Å². The molecule has 1 atom stereocenters. The first kappa shape index (κ1) is 18.7. The number of benzene rings is 1. The van der Waals surface area contributed by atoms with Crippen LogP contribution in [0, 0.1) is 5.82 Å². The van der Waals surface area contributed by atoms with Crippen LogP contribution in [0.1, 0.15) is 29.4 Å². The maximum Gasteiger partial charge on any atom is 0.318 e. The molecule has 0 saturated heterocycles. The number of carbonyl (C=O) groups is 2. The molecule has 144 valence electrons. The third kappa shape index (κ3) is 3.86. The number of halogens is 1. The van der Waals surface area contributed by atoms with Gasteiger partial charge >= 0.3 is 12.0 Å². The van der Waals surface area contributed by atoms with Crippen molar-refractivity contribution in [1.82, 2.24) is 20.2 Å². The molecule has 27 heavy (non-hydrogen) atoms. The van der Waals surface area contributed by atoms with Crippen LogP contribution in [-0.4, -0.2) is 54.2 Å². The molecule has 1 aromatic carbocycles. The predicted molar refractivity (Wildman–Crippen MR) is 93.8 cm³/mol. The van der Waals surface area contributed by atoms with Gasteiger partial charge in [0, 0.05) is 36.8 Å². The van der Waals surface area contributed by atoms with E-state index in [1.807, 2.05) is 0 Å². The van der Waals surface area contributed by atoms with E-state index in [9.17, 15) is 14.0 Å². The molecule has 2 amide bonds. The number of ether oxygens (including phenoxy) is 2. The molecule has 1 aromatic heterocycles. The van der Waals surface area contributed by atoms with Crippen LogP contribution < -0.4 is 10.1 Å². The summed E-state index contributed by atoms with van der Waals surface area (Å²) >= 11 is 0. The SMILES string of the molecule is COC(=O)CCNC(=O)N1CCc2[nH]cnc2[C@@H]1c1ccc(OC)cc1F. The Kier molecular flexibility index (Phi) is 5.58. The molecular weight excluding hydrogens is 355 g/mol. The van der Waals surface area contributed by atoms with Gasteiger partial charge in [0.1, 0.15) is 17.6 Å². The number of H-pyrrole nitrogens is 1. The number of aromatic nitrogens is 2. The Morgan fingerprint density at radius 1 is 1.41 bits per heavy atom. The summed E-state index contributed by atoms with van der Waals surface area (Å²) < 4.78 is 24.3. The van der Waals surface area contributed by atoms with Gasteiger partial charge in [0.05, 0.1) is 32.7 Å². The Labute approximate surface area is 155 Å². The second kappa shape index (κ2) is 8.07. The van der Waals surface area contributed by atoms with Crippen molar-refractivity contribution in [3.05, 3.63) is 47.3 Å². The minimum atomic E-state index is -0.677. The number of aromatic amines is 1. The number of carbonyl (C=O) groups excluding carboxylic acids is 2. The van der Waals surface area contributed by atoms with Gasteiger partial charge in [0.2, 0.25) is 0 Å². The van der Waals surface area contributed by atoms with Gasteiger partial charge in [-0.3, -0.25) is 4.79 Å². The highest BCUT2D eigenvalue weighted by Gasteiger charge is 2.35. The number of amides is 2. The summed E-state index contributed by atoms with van der Waals surface area (Å²) in [6.07, 6.45) is 2.18. The number of rotatable bonds is 5. The average molecular weight is 376 g/mol. The van der Waals surface area contributed by atoms with E-state index in [4.69, 9.17) is 4.74 Å². The fraction of sp³-hybridized carbons (Fsp3) is 0.389. The minimum Gasteiger partial charge on any atom is -0.497 e. The lowest BCUT2D eigenvalue weighted by atomic mass is 9.95. The highest BCUT2D eigenvalue weighted by Crippen LogP contribution is 2.35. The van der Waals surface area contributed by atoms with Crippen molar-refractivity contribution >= 4 is 12.0 Å². The van der Waals surface area contributed by atoms with Crippen LogP contribution >= 0.6 is 0 Å². The summed E-state index contributed by atoms with van der Waals surface area (Å²) in [6, 6.07) is 3.45. The van der Waals surface area contributed by atoms with Crippen molar-refractivity contribution in [2.75, 3.05) is 27.3 Å². The summed E-state index contributed by atoms with van der Waals surface area (Å²) in [4.78, 5) is 32.8. The number of nitrogens with one attached hydrogen (secondary N) is 2. The molecule has 3 rings (SSSR count). The predicted octanol–water partition coefficient (Wildman–Crippen LogP) is 1.78. The van der Waals surface area contributed by atoms with E-state index in [0.717, 1.165) is 5.69 Å². The van der Waals surface area contributed by atoms with E-state index >= 15 is 0 Å². The number of methoxy groups -OCH3 is 2. The van der Waals surface area contributed by atoms with E-state index in [2.05, 4.69) is 20.0 Å². The van der Waals surface area contributed by atoms with Crippen molar-refractivity contribution in [2.45, 2.75) is 18.9 Å². The summed E-state index contributed by atoms with van der Waals surface area (Å²) in [5, 5.41) is 2.68. The maximum absolute atomic E-state index is 14.7. The molecule has 0 unspecified atom stereocenters. The smallest absolute Gasteiger partial charge is 0.318 e. The van der Waals surface area contributed by atoms with Gasteiger partial charge in [0.25, 0.3) is 0 Å². The molecule has 8 nitrogen and oxygen atoms in total. The quantitative estimate of drug-likeness (QED) is 0.776. The summed E-state index contributed by atoms with van der Waals surface area (Å²) in [7, 11) is 2.75. The summed E-state index contributed by atoms with van der Waals surface area (Å²) in [5.74, 6) is -0.507. The zero-order valence-corrected chi connectivity index (χ0v) is 15.1. The number of esters is 1. The zero-order valence-electron chi connectivity index (χ0n) is 15.1. The van der Waals surface area contributed by atoms with Gasteiger partial charge in [-0.1, -0.05) is 0 Å². The van der Waals surface area contributed by atoms with E-state index in [-0.39, 0.29) is 13.0 Å². The Hall–Kier alpha value is -3.10. The number of nitrogens with zero attached hydrogens (tertiary/aromatic N) is 2. The fourth-order valence-electron chi connectivity index (χ4n) is 3.14.